The molecule has 0 saturated heterocycles. The van der Waals surface area contributed by atoms with Crippen molar-refractivity contribution in [1.82, 2.24) is 10.6 Å². The lowest BCUT2D eigenvalue weighted by atomic mass is 9.94. The minimum atomic E-state index is 0.0327. The Bertz CT molecular complexity index is 1310. The molecule has 0 fully saturated rings. The van der Waals surface area contributed by atoms with E-state index in [1.54, 1.807) is 18.2 Å². The van der Waals surface area contributed by atoms with Gasteiger partial charge in [0.25, 0.3) is 0 Å². The van der Waals surface area contributed by atoms with Crippen LogP contribution in [0.5, 0.6) is 11.5 Å². The summed E-state index contributed by atoms with van der Waals surface area (Å²) in [6, 6.07) is 24.6. The number of carbonyl (C=O) groups excluding carboxylic acids is 2. The molecule has 0 aromatic heterocycles. The summed E-state index contributed by atoms with van der Waals surface area (Å²) in [5, 5.41) is 11.8. The first-order chi connectivity index (χ1) is 18.7. The van der Waals surface area contributed by atoms with Crippen molar-refractivity contribution in [2.75, 3.05) is 33.4 Å². The van der Waals surface area contributed by atoms with E-state index in [4.69, 9.17) is 9.47 Å². The van der Waals surface area contributed by atoms with E-state index in [9.17, 15) is 9.59 Å². The van der Waals surface area contributed by atoms with Gasteiger partial charge in [-0.05, 0) is 84.1 Å². The SMILES string of the molecule is COc1cc(OCCCC(=O)NCCCNCCCc2c3ccccc3cc3ccccc23)ccc1C=O. The highest BCUT2D eigenvalue weighted by molar-refractivity contribution is 6.02. The maximum Gasteiger partial charge on any atom is 0.220 e. The Morgan fingerprint density at radius 3 is 2.26 bits per heavy atom. The molecule has 6 nitrogen and oxygen atoms in total. The quantitative estimate of drug-likeness (QED) is 0.121. The Hall–Kier alpha value is -3.90. The third-order valence-corrected chi connectivity index (χ3v) is 6.66. The first-order valence-corrected chi connectivity index (χ1v) is 13.3. The van der Waals surface area contributed by atoms with Crippen molar-refractivity contribution >= 4 is 33.7 Å². The minimum Gasteiger partial charge on any atom is -0.496 e. The van der Waals surface area contributed by atoms with Crippen molar-refractivity contribution in [1.29, 1.82) is 0 Å². The molecule has 6 heteroatoms. The Morgan fingerprint density at radius 1 is 0.842 bits per heavy atom. The first-order valence-electron chi connectivity index (χ1n) is 13.3. The second kappa shape index (κ2) is 14.1. The lowest BCUT2D eigenvalue weighted by Gasteiger charge is -2.12. The fourth-order valence-corrected chi connectivity index (χ4v) is 4.72. The summed E-state index contributed by atoms with van der Waals surface area (Å²) >= 11 is 0. The molecule has 4 rings (SSSR count). The zero-order chi connectivity index (χ0) is 26.6. The van der Waals surface area contributed by atoms with Crippen LogP contribution in [0.25, 0.3) is 21.5 Å². The number of carbonyl (C=O) groups is 2. The minimum absolute atomic E-state index is 0.0327. The molecule has 0 atom stereocenters. The number of amides is 1. The largest absolute Gasteiger partial charge is 0.496 e. The molecule has 4 aromatic rings. The van der Waals surface area contributed by atoms with Crippen molar-refractivity contribution in [2.45, 2.75) is 32.1 Å². The molecule has 0 saturated carbocycles. The second-order valence-electron chi connectivity index (χ2n) is 9.33. The van der Waals surface area contributed by atoms with Crippen LogP contribution in [0.4, 0.5) is 0 Å². The number of nitrogens with one attached hydrogen (secondary N) is 2. The number of benzene rings is 4. The summed E-state index contributed by atoms with van der Waals surface area (Å²) in [6.07, 6.45) is 4.76. The van der Waals surface area contributed by atoms with Crippen molar-refractivity contribution in [3.63, 3.8) is 0 Å². The van der Waals surface area contributed by atoms with Crippen LogP contribution in [0.2, 0.25) is 0 Å². The van der Waals surface area contributed by atoms with Gasteiger partial charge in [-0.25, -0.2) is 0 Å². The fourth-order valence-electron chi connectivity index (χ4n) is 4.72. The molecular formula is C32H36N2O4. The number of hydrogen-bond acceptors (Lipinski definition) is 5. The molecule has 38 heavy (non-hydrogen) atoms. The Balaban J connectivity index is 1.09. The van der Waals surface area contributed by atoms with Gasteiger partial charge in [0.15, 0.2) is 6.29 Å². The summed E-state index contributed by atoms with van der Waals surface area (Å²) in [6.45, 7) is 2.90. The molecule has 0 aliphatic carbocycles. The summed E-state index contributed by atoms with van der Waals surface area (Å²) in [5.41, 5.74) is 1.90. The van der Waals surface area contributed by atoms with Gasteiger partial charge < -0.3 is 20.1 Å². The van der Waals surface area contributed by atoms with Gasteiger partial charge in [-0.15, -0.1) is 0 Å². The summed E-state index contributed by atoms with van der Waals surface area (Å²) in [4.78, 5) is 23.1. The molecule has 198 valence electrons. The maximum atomic E-state index is 12.1. The smallest absolute Gasteiger partial charge is 0.220 e. The predicted octanol–water partition coefficient (Wildman–Crippen LogP) is 5.70. The van der Waals surface area contributed by atoms with Crippen LogP contribution < -0.4 is 20.1 Å². The Kier molecular flexibility index (Phi) is 10.1. The standard InChI is InChI=1S/C32H36N2O4/c1-37-31-22-27(16-15-26(31)23-35)38-20-7-14-32(36)34-19-8-18-33-17-6-13-30-28-11-4-2-9-24(28)21-25-10-3-5-12-29(25)30/h2-5,9-12,15-16,21-23,33H,6-8,13-14,17-20H2,1H3,(H,34,36). The maximum absolute atomic E-state index is 12.1. The Labute approximate surface area is 224 Å². The van der Waals surface area contributed by atoms with Crippen LogP contribution in [-0.2, 0) is 11.2 Å². The molecular weight excluding hydrogens is 476 g/mol. The molecule has 4 aromatic carbocycles. The van der Waals surface area contributed by atoms with E-state index in [1.165, 1.54) is 34.2 Å². The van der Waals surface area contributed by atoms with Crippen LogP contribution >= 0.6 is 0 Å². The van der Waals surface area contributed by atoms with Gasteiger partial charge in [0, 0.05) is 19.0 Å². The molecule has 0 aliphatic heterocycles. The highest BCUT2D eigenvalue weighted by Crippen LogP contribution is 2.29. The topological polar surface area (TPSA) is 76.7 Å². The van der Waals surface area contributed by atoms with Crippen LogP contribution in [0.3, 0.4) is 0 Å². The number of hydrogen-bond donors (Lipinski definition) is 2. The number of methoxy groups -OCH3 is 1. The average Bonchev–Trinajstić information content (AvgIpc) is 2.96. The van der Waals surface area contributed by atoms with Gasteiger partial charge in [0.1, 0.15) is 11.5 Å². The monoisotopic (exact) mass is 512 g/mol. The zero-order valence-corrected chi connectivity index (χ0v) is 22.0. The van der Waals surface area contributed by atoms with Gasteiger partial charge >= 0.3 is 0 Å². The third-order valence-electron chi connectivity index (χ3n) is 6.66. The van der Waals surface area contributed by atoms with E-state index in [0.717, 1.165) is 38.6 Å². The van der Waals surface area contributed by atoms with Gasteiger partial charge in [0.2, 0.25) is 5.91 Å². The highest BCUT2D eigenvalue weighted by Gasteiger charge is 2.08. The van der Waals surface area contributed by atoms with Gasteiger partial charge in [-0.1, -0.05) is 48.5 Å². The van der Waals surface area contributed by atoms with E-state index in [0.29, 0.717) is 43.1 Å². The van der Waals surface area contributed by atoms with E-state index in [1.807, 2.05) is 0 Å². The van der Waals surface area contributed by atoms with Gasteiger partial charge in [0.05, 0.1) is 19.3 Å². The van der Waals surface area contributed by atoms with Crippen LogP contribution in [0, 0.1) is 0 Å². The van der Waals surface area contributed by atoms with E-state index >= 15 is 0 Å². The molecule has 0 bridgehead atoms. The molecule has 1 amide bonds. The molecule has 0 spiro atoms. The summed E-state index contributed by atoms with van der Waals surface area (Å²) in [7, 11) is 1.51. The van der Waals surface area contributed by atoms with E-state index in [2.05, 4.69) is 65.2 Å². The fraction of sp³-hybridized carbons (Fsp3) is 0.312. The van der Waals surface area contributed by atoms with Crippen molar-refractivity contribution < 1.29 is 19.1 Å². The van der Waals surface area contributed by atoms with Crippen LogP contribution in [-0.4, -0.2) is 45.5 Å². The lowest BCUT2D eigenvalue weighted by molar-refractivity contribution is -0.121. The lowest BCUT2D eigenvalue weighted by Crippen LogP contribution is -2.27. The normalized spacial score (nSPS) is 11.0. The Morgan fingerprint density at radius 2 is 1.55 bits per heavy atom. The second-order valence-corrected chi connectivity index (χ2v) is 9.33. The molecule has 0 unspecified atom stereocenters. The number of fused-ring (bicyclic) bond motifs is 2. The molecule has 0 radical (unpaired) electrons. The van der Waals surface area contributed by atoms with Crippen molar-refractivity contribution in [3.05, 3.63) is 83.9 Å². The van der Waals surface area contributed by atoms with Crippen molar-refractivity contribution in [2.24, 2.45) is 0 Å². The number of ether oxygens (including phenoxy) is 2. The number of aryl methyl sites for hydroxylation is 1. The highest BCUT2D eigenvalue weighted by atomic mass is 16.5. The molecule has 0 aliphatic rings. The molecule has 0 heterocycles. The van der Waals surface area contributed by atoms with Gasteiger partial charge in [-0.2, -0.15) is 0 Å². The average molecular weight is 513 g/mol. The number of rotatable bonds is 15. The van der Waals surface area contributed by atoms with E-state index in [-0.39, 0.29) is 5.91 Å². The summed E-state index contributed by atoms with van der Waals surface area (Å²) in [5.74, 6) is 1.13. The first kappa shape index (κ1) is 27.1. The predicted molar refractivity (Wildman–Crippen MR) is 153 cm³/mol. The molecule has 2 N–H and O–H groups in total. The van der Waals surface area contributed by atoms with Crippen LogP contribution in [0.15, 0.2) is 72.8 Å². The zero-order valence-electron chi connectivity index (χ0n) is 22.0. The van der Waals surface area contributed by atoms with E-state index < -0.39 is 0 Å². The van der Waals surface area contributed by atoms with Crippen molar-refractivity contribution in [3.8, 4) is 11.5 Å². The third kappa shape index (κ3) is 7.33. The van der Waals surface area contributed by atoms with Crippen LogP contribution in [0.1, 0.15) is 41.6 Å². The summed E-state index contributed by atoms with van der Waals surface area (Å²) < 4.78 is 10.8. The number of aldehydes is 1. The van der Waals surface area contributed by atoms with Gasteiger partial charge in [-0.3, -0.25) is 9.59 Å².